The average molecular weight is 372 g/mol. The van der Waals surface area contributed by atoms with Crippen LogP contribution in [0.25, 0.3) is 0 Å². The van der Waals surface area contributed by atoms with E-state index in [2.05, 4.69) is 10.4 Å². The van der Waals surface area contributed by atoms with Gasteiger partial charge in [-0.2, -0.15) is 5.10 Å². The molecule has 6 nitrogen and oxygen atoms in total. The maximum absolute atomic E-state index is 12.0. The monoisotopic (exact) mass is 371 g/mol. The number of benzene rings is 2. The SMILES string of the molecule is O=C(COc1ccc(Cl)cc1)Nc1cccc(OCCn2cccn2)c1. The molecule has 0 unspecified atom stereocenters. The van der Waals surface area contributed by atoms with Crippen LogP contribution in [0, 0.1) is 0 Å². The van der Waals surface area contributed by atoms with Crippen LogP contribution in [0.2, 0.25) is 5.02 Å². The number of anilines is 1. The normalized spacial score (nSPS) is 10.3. The molecule has 0 atom stereocenters. The Morgan fingerprint density at radius 1 is 1.08 bits per heavy atom. The van der Waals surface area contributed by atoms with E-state index in [-0.39, 0.29) is 12.5 Å². The van der Waals surface area contributed by atoms with E-state index >= 15 is 0 Å². The third kappa shape index (κ3) is 5.53. The van der Waals surface area contributed by atoms with Crippen LogP contribution in [0.1, 0.15) is 0 Å². The summed E-state index contributed by atoms with van der Waals surface area (Å²) < 4.78 is 12.9. The first-order chi connectivity index (χ1) is 12.7. The van der Waals surface area contributed by atoms with E-state index in [9.17, 15) is 4.79 Å². The third-order valence-corrected chi connectivity index (χ3v) is 3.70. The van der Waals surface area contributed by atoms with Gasteiger partial charge in [0.15, 0.2) is 6.61 Å². The van der Waals surface area contributed by atoms with Crippen LogP contribution in [-0.2, 0) is 11.3 Å². The Balaban J connectivity index is 1.46. The van der Waals surface area contributed by atoms with Gasteiger partial charge in [0.1, 0.15) is 18.1 Å². The molecule has 0 fully saturated rings. The molecule has 0 aliphatic rings. The van der Waals surface area contributed by atoms with Gasteiger partial charge in [-0.15, -0.1) is 0 Å². The van der Waals surface area contributed by atoms with Gasteiger partial charge >= 0.3 is 0 Å². The van der Waals surface area contributed by atoms with Crippen molar-refractivity contribution in [3.8, 4) is 11.5 Å². The smallest absolute Gasteiger partial charge is 0.262 e. The summed E-state index contributed by atoms with van der Waals surface area (Å²) in [6.07, 6.45) is 3.60. The van der Waals surface area contributed by atoms with Crippen molar-refractivity contribution in [2.24, 2.45) is 0 Å². The van der Waals surface area contributed by atoms with Crippen LogP contribution in [-0.4, -0.2) is 28.9 Å². The first-order valence-electron chi connectivity index (χ1n) is 8.07. The summed E-state index contributed by atoms with van der Waals surface area (Å²) >= 11 is 5.81. The molecule has 0 radical (unpaired) electrons. The first-order valence-corrected chi connectivity index (χ1v) is 8.45. The molecule has 3 rings (SSSR count). The number of aromatic nitrogens is 2. The van der Waals surface area contributed by atoms with Crippen LogP contribution in [0.4, 0.5) is 5.69 Å². The number of carbonyl (C=O) groups excluding carboxylic acids is 1. The third-order valence-electron chi connectivity index (χ3n) is 3.45. The number of nitrogens with one attached hydrogen (secondary N) is 1. The lowest BCUT2D eigenvalue weighted by Crippen LogP contribution is -2.20. The highest BCUT2D eigenvalue weighted by molar-refractivity contribution is 6.30. The first kappa shape index (κ1) is 17.8. The van der Waals surface area contributed by atoms with Crippen molar-refractivity contribution < 1.29 is 14.3 Å². The largest absolute Gasteiger partial charge is 0.492 e. The molecule has 0 spiro atoms. The predicted octanol–water partition coefficient (Wildman–Crippen LogP) is 3.63. The highest BCUT2D eigenvalue weighted by Crippen LogP contribution is 2.18. The van der Waals surface area contributed by atoms with Crippen LogP contribution >= 0.6 is 11.6 Å². The Hall–Kier alpha value is -2.99. The molecule has 0 saturated heterocycles. The second kappa shape index (κ2) is 8.92. The second-order valence-electron chi connectivity index (χ2n) is 5.44. The highest BCUT2D eigenvalue weighted by Gasteiger charge is 2.05. The molecule has 1 heterocycles. The summed E-state index contributed by atoms with van der Waals surface area (Å²) in [5.41, 5.74) is 0.645. The molecule has 0 saturated carbocycles. The maximum Gasteiger partial charge on any atom is 0.262 e. The van der Waals surface area contributed by atoms with Crippen molar-refractivity contribution in [3.63, 3.8) is 0 Å². The maximum atomic E-state index is 12.0. The molecule has 26 heavy (non-hydrogen) atoms. The topological polar surface area (TPSA) is 65.4 Å². The minimum Gasteiger partial charge on any atom is -0.492 e. The fourth-order valence-corrected chi connectivity index (χ4v) is 2.36. The molecular weight excluding hydrogens is 354 g/mol. The molecule has 0 bridgehead atoms. The minimum atomic E-state index is -0.256. The Kier molecular flexibility index (Phi) is 6.11. The number of hydrogen-bond acceptors (Lipinski definition) is 4. The van der Waals surface area contributed by atoms with Gasteiger partial charge in [0.05, 0.1) is 6.54 Å². The molecule has 134 valence electrons. The van der Waals surface area contributed by atoms with E-state index in [1.54, 1.807) is 47.3 Å². The van der Waals surface area contributed by atoms with Crippen LogP contribution in [0.15, 0.2) is 67.0 Å². The van der Waals surface area contributed by atoms with E-state index in [0.29, 0.717) is 35.4 Å². The molecule has 7 heteroatoms. The molecular formula is C19H18ClN3O3. The average Bonchev–Trinajstić information content (AvgIpc) is 3.15. The van der Waals surface area contributed by atoms with Crippen LogP contribution in [0.5, 0.6) is 11.5 Å². The summed E-state index contributed by atoms with van der Waals surface area (Å²) in [7, 11) is 0. The fourth-order valence-electron chi connectivity index (χ4n) is 2.23. The number of carbonyl (C=O) groups is 1. The summed E-state index contributed by atoms with van der Waals surface area (Å²) in [6, 6.07) is 15.9. The van der Waals surface area contributed by atoms with Crippen LogP contribution in [0.3, 0.4) is 0 Å². The fraction of sp³-hybridized carbons (Fsp3) is 0.158. The van der Waals surface area contributed by atoms with Gasteiger partial charge < -0.3 is 14.8 Å². The summed E-state index contributed by atoms with van der Waals surface area (Å²) in [5, 5.41) is 7.51. The lowest BCUT2D eigenvalue weighted by Gasteiger charge is -2.10. The van der Waals surface area contributed by atoms with Gasteiger partial charge in [0.25, 0.3) is 5.91 Å². The zero-order valence-corrected chi connectivity index (χ0v) is 14.7. The van der Waals surface area contributed by atoms with E-state index in [0.717, 1.165) is 0 Å². The summed E-state index contributed by atoms with van der Waals surface area (Å²) in [5.74, 6) is 1.00. The number of rotatable bonds is 8. The quantitative estimate of drug-likeness (QED) is 0.656. The molecule has 3 aromatic rings. The summed E-state index contributed by atoms with van der Waals surface area (Å²) in [4.78, 5) is 12.0. The standard InChI is InChI=1S/C19H18ClN3O3/c20-15-5-7-17(8-6-15)26-14-19(24)22-16-3-1-4-18(13-16)25-12-11-23-10-2-9-21-23/h1-10,13H,11-12,14H2,(H,22,24). The van der Waals surface area contributed by atoms with Crippen molar-refractivity contribution in [2.75, 3.05) is 18.5 Å². The molecule has 1 N–H and O–H groups in total. The van der Waals surface area contributed by atoms with E-state index in [1.807, 2.05) is 24.4 Å². The van der Waals surface area contributed by atoms with Crippen LogP contribution < -0.4 is 14.8 Å². The second-order valence-corrected chi connectivity index (χ2v) is 5.87. The molecule has 1 amide bonds. The van der Waals surface area contributed by atoms with Crippen molar-refractivity contribution in [2.45, 2.75) is 6.54 Å². The Labute approximate surface area is 156 Å². The summed E-state index contributed by atoms with van der Waals surface area (Å²) in [6.45, 7) is 1.04. The van der Waals surface area contributed by atoms with E-state index < -0.39 is 0 Å². The minimum absolute atomic E-state index is 0.0913. The van der Waals surface area contributed by atoms with Crippen molar-refractivity contribution in [3.05, 3.63) is 72.0 Å². The van der Waals surface area contributed by atoms with Gasteiger partial charge in [0, 0.05) is 29.2 Å². The molecule has 0 aliphatic carbocycles. The van der Waals surface area contributed by atoms with Gasteiger partial charge in [0.2, 0.25) is 0 Å². The Morgan fingerprint density at radius 2 is 1.92 bits per heavy atom. The molecule has 1 aromatic heterocycles. The Bertz CT molecular complexity index is 836. The molecule has 2 aromatic carbocycles. The Morgan fingerprint density at radius 3 is 2.69 bits per heavy atom. The zero-order chi connectivity index (χ0) is 18.2. The van der Waals surface area contributed by atoms with E-state index in [1.165, 1.54) is 0 Å². The number of nitrogens with zero attached hydrogens (tertiary/aromatic N) is 2. The lowest BCUT2D eigenvalue weighted by molar-refractivity contribution is -0.118. The number of hydrogen-bond donors (Lipinski definition) is 1. The van der Waals surface area contributed by atoms with Crippen molar-refractivity contribution in [1.82, 2.24) is 9.78 Å². The van der Waals surface area contributed by atoms with Gasteiger partial charge in [-0.1, -0.05) is 17.7 Å². The van der Waals surface area contributed by atoms with Gasteiger partial charge in [-0.05, 0) is 42.5 Å². The lowest BCUT2D eigenvalue weighted by atomic mass is 10.3. The van der Waals surface area contributed by atoms with E-state index in [4.69, 9.17) is 21.1 Å². The zero-order valence-electron chi connectivity index (χ0n) is 14.0. The van der Waals surface area contributed by atoms with Crippen molar-refractivity contribution >= 4 is 23.2 Å². The number of halogens is 1. The molecule has 0 aliphatic heterocycles. The number of ether oxygens (including phenoxy) is 2. The highest BCUT2D eigenvalue weighted by atomic mass is 35.5. The van der Waals surface area contributed by atoms with Crippen molar-refractivity contribution in [1.29, 1.82) is 0 Å². The van der Waals surface area contributed by atoms with Gasteiger partial charge in [-0.25, -0.2) is 0 Å². The number of amides is 1. The van der Waals surface area contributed by atoms with Gasteiger partial charge in [-0.3, -0.25) is 9.48 Å². The predicted molar refractivity (Wildman–Crippen MR) is 99.7 cm³/mol.